The molecule has 1 saturated heterocycles. The van der Waals surface area contributed by atoms with Crippen LogP contribution in [0.4, 0.5) is 0 Å². The molecule has 2 unspecified atom stereocenters. The third-order valence-corrected chi connectivity index (χ3v) is 4.47. The molecule has 3 nitrogen and oxygen atoms in total. The van der Waals surface area contributed by atoms with Crippen LogP contribution < -0.4 is 5.32 Å². The lowest BCUT2D eigenvalue weighted by Gasteiger charge is -2.39. The van der Waals surface area contributed by atoms with Gasteiger partial charge in [0.25, 0.3) is 0 Å². The number of hydrogen-bond donors (Lipinski definition) is 2. The van der Waals surface area contributed by atoms with Crippen molar-refractivity contribution in [3.63, 3.8) is 0 Å². The lowest BCUT2D eigenvalue weighted by atomic mass is 9.78. The minimum Gasteiger partial charge on any atom is -0.389 e. The van der Waals surface area contributed by atoms with Crippen LogP contribution in [0.1, 0.15) is 30.5 Å². The van der Waals surface area contributed by atoms with E-state index in [9.17, 15) is 5.11 Å². The van der Waals surface area contributed by atoms with Gasteiger partial charge in [-0.25, -0.2) is 4.98 Å². The standard InChI is InChI=1S/C12H20N2OS/c1-3-10-7-13-5-4-12(10,15)6-11-14-9(2)8-16-11/h8,10,13,15H,3-7H2,1-2H3. The fraction of sp³-hybridized carbons (Fsp3) is 0.750. The Morgan fingerprint density at radius 2 is 2.50 bits per heavy atom. The molecule has 1 aromatic rings. The van der Waals surface area contributed by atoms with E-state index in [-0.39, 0.29) is 0 Å². The second kappa shape index (κ2) is 4.82. The van der Waals surface area contributed by atoms with Crippen molar-refractivity contribution in [3.05, 3.63) is 16.1 Å². The van der Waals surface area contributed by atoms with Crippen LogP contribution >= 0.6 is 11.3 Å². The summed E-state index contributed by atoms with van der Waals surface area (Å²) in [4.78, 5) is 4.46. The van der Waals surface area contributed by atoms with Gasteiger partial charge < -0.3 is 10.4 Å². The highest BCUT2D eigenvalue weighted by Gasteiger charge is 2.38. The predicted molar refractivity (Wildman–Crippen MR) is 66.8 cm³/mol. The third kappa shape index (κ3) is 2.44. The average Bonchev–Trinajstić information content (AvgIpc) is 2.64. The molecule has 16 heavy (non-hydrogen) atoms. The quantitative estimate of drug-likeness (QED) is 0.846. The van der Waals surface area contributed by atoms with Crippen LogP contribution in [0.25, 0.3) is 0 Å². The molecular formula is C12H20N2OS. The summed E-state index contributed by atoms with van der Waals surface area (Å²) in [6.07, 6.45) is 2.57. The zero-order valence-corrected chi connectivity index (χ0v) is 10.8. The number of piperidine rings is 1. The van der Waals surface area contributed by atoms with Crippen LogP contribution in [-0.2, 0) is 6.42 Å². The minimum atomic E-state index is -0.551. The van der Waals surface area contributed by atoms with Crippen LogP contribution in [0.3, 0.4) is 0 Å². The van der Waals surface area contributed by atoms with Crippen LogP contribution in [0.2, 0.25) is 0 Å². The maximum Gasteiger partial charge on any atom is 0.0956 e. The first-order valence-corrected chi connectivity index (χ1v) is 6.86. The summed E-state index contributed by atoms with van der Waals surface area (Å²) in [5, 5.41) is 17.2. The fourth-order valence-corrected chi connectivity index (χ4v) is 3.37. The molecular weight excluding hydrogens is 220 g/mol. The van der Waals surface area contributed by atoms with Gasteiger partial charge >= 0.3 is 0 Å². The molecule has 90 valence electrons. The summed E-state index contributed by atoms with van der Waals surface area (Å²) in [5.74, 6) is 0.352. The number of nitrogens with one attached hydrogen (secondary N) is 1. The van der Waals surface area contributed by atoms with E-state index < -0.39 is 5.60 Å². The molecule has 0 spiro atoms. The summed E-state index contributed by atoms with van der Waals surface area (Å²) in [6.45, 7) is 5.99. The predicted octanol–water partition coefficient (Wildman–Crippen LogP) is 1.74. The number of nitrogens with zero attached hydrogens (tertiary/aromatic N) is 1. The molecule has 0 saturated carbocycles. The van der Waals surface area contributed by atoms with Gasteiger partial charge in [0.05, 0.1) is 10.6 Å². The SMILES string of the molecule is CCC1CNCCC1(O)Cc1nc(C)cs1. The molecule has 2 heterocycles. The molecule has 0 bridgehead atoms. The maximum absolute atomic E-state index is 10.7. The first-order chi connectivity index (χ1) is 7.64. The van der Waals surface area contributed by atoms with Crippen molar-refractivity contribution in [2.45, 2.75) is 38.7 Å². The van der Waals surface area contributed by atoms with Gasteiger partial charge in [0, 0.05) is 30.0 Å². The third-order valence-electron chi connectivity index (χ3n) is 3.50. The summed E-state index contributed by atoms with van der Waals surface area (Å²) < 4.78 is 0. The van der Waals surface area contributed by atoms with Crippen molar-refractivity contribution in [2.75, 3.05) is 13.1 Å². The zero-order valence-electron chi connectivity index (χ0n) is 9.99. The second-order valence-corrected chi connectivity index (χ2v) is 5.66. The normalized spacial score (nSPS) is 30.6. The van der Waals surface area contributed by atoms with E-state index in [1.54, 1.807) is 11.3 Å². The number of thiazole rings is 1. The fourth-order valence-electron chi connectivity index (χ4n) is 2.48. The Bertz CT molecular complexity index is 353. The first-order valence-electron chi connectivity index (χ1n) is 5.98. The van der Waals surface area contributed by atoms with Gasteiger partial charge in [-0.3, -0.25) is 0 Å². The van der Waals surface area contributed by atoms with Gasteiger partial charge in [-0.1, -0.05) is 6.92 Å². The van der Waals surface area contributed by atoms with Crippen molar-refractivity contribution in [3.8, 4) is 0 Å². The molecule has 0 aromatic carbocycles. The van der Waals surface area contributed by atoms with Crippen LogP contribution in [0, 0.1) is 12.8 Å². The number of aliphatic hydroxyl groups is 1. The number of aryl methyl sites for hydroxylation is 1. The van der Waals surface area contributed by atoms with Crippen molar-refractivity contribution >= 4 is 11.3 Å². The summed E-state index contributed by atoms with van der Waals surface area (Å²) in [6, 6.07) is 0. The summed E-state index contributed by atoms with van der Waals surface area (Å²) >= 11 is 1.66. The molecule has 2 rings (SSSR count). The average molecular weight is 240 g/mol. The van der Waals surface area contributed by atoms with Crippen LogP contribution in [-0.4, -0.2) is 28.8 Å². The highest BCUT2D eigenvalue weighted by molar-refractivity contribution is 7.09. The molecule has 1 aliphatic heterocycles. The molecule has 0 radical (unpaired) electrons. The Morgan fingerprint density at radius 1 is 1.69 bits per heavy atom. The molecule has 0 aliphatic carbocycles. The largest absolute Gasteiger partial charge is 0.389 e. The van der Waals surface area contributed by atoms with E-state index >= 15 is 0 Å². The van der Waals surface area contributed by atoms with Gasteiger partial charge in [-0.05, 0) is 26.3 Å². The molecule has 1 aliphatic rings. The van der Waals surface area contributed by atoms with Gasteiger partial charge in [0.1, 0.15) is 0 Å². The minimum absolute atomic E-state index is 0.352. The summed E-state index contributed by atoms with van der Waals surface area (Å²) in [7, 11) is 0. The van der Waals surface area contributed by atoms with E-state index in [0.29, 0.717) is 12.3 Å². The molecule has 2 N–H and O–H groups in total. The first kappa shape index (κ1) is 12.0. The topological polar surface area (TPSA) is 45.1 Å². The van der Waals surface area contributed by atoms with E-state index in [1.165, 1.54) is 0 Å². The lowest BCUT2D eigenvalue weighted by Crippen LogP contribution is -2.51. The molecule has 4 heteroatoms. The monoisotopic (exact) mass is 240 g/mol. The van der Waals surface area contributed by atoms with Crippen LogP contribution in [0.15, 0.2) is 5.38 Å². The van der Waals surface area contributed by atoms with E-state index in [0.717, 1.165) is 36.6 Å². The number of rotatable bonds is 3. The van der Waals surface area contributed by atoms with Crippen LogP contribution in [0.5, 0.6) is 0 Å². The van der Waals surface area contributed by atoms with Crippen molar-refractivity contribution in [2.24, 2.45) is 5.92 Å². The molecule has 2 atom stereocenters. The van der Waals surface area contributed by atoms with Gasteiger partial charge in [-0.15, -0.1) is 11.3 Å². The lowest BCUT2D eigenvalue weighted by molar-refractivity contribution is -0.0414. The molecule has 0 amide bonds. The zero-order chi connectivity index (χ0) is 11.6. The van der Waals surface area contributed by atoms with Crippen molar-refractivity contribution < 1.29 is 5.11 Å². The summed E-state index contributed by atoms with van der Waals surface area (Å²) in [5.41, 5.74) is 0.509. The van der Waals surface area contributed by atoms with Gasteiger partial charge in [-0.2, -0.15) is 0 Å². The number of hydrogen-bond acceptors (Lipinski definition) is 4. The van der Waals surface area contributed by atoms with Gasteiger partial charge in [0.2, 0.25) is 0 Å². The number of aromatic nitrogens is 1. The van der Waals surface area contributed by atoms with E-state index in [2.05, 4.69) is 22.6 Å². The Kier molecular flexibility index (Phi) is 3.62. The smallest absolute Gasteiger partial charge is 0.0956 e. The van der Waals surface area contributed by atoms with E-state index in [4.69, 9.17) is 0 Å². The second-order valence-electron chi connectivity index (χ2n) is 4.72. The highest BCUT2D eigenvalue weighted by atomic mass is 32.1. The Morgan fingerprint density at radius 3 is 3.12 bits per heavy atom. The van der Waals surface area contributed by atoms with Crippen molar-refractivity contribution in [1.29, 1.82) is 0 Å². The maximum atomic E-state index is 10.7. The Balaban J connectivity index is 2.10. The molecule has 1 aromatic heterocycles. The Labute approximate surface area is 101 Å². The molecule has 1 fully saturated rings. The van der Waals surface area contributed by atoms with Gasteiger partial charge in [0.15, 0.2) is 0 Å². The van der Waals surface area contributed by atoms with E-state index in [1.807, 2.05) is 6.92 Å². The highest BCUT2D eigenvalue weighted by Crippen LogP contribution is 2.31. The van der Waals surface area contributed by atoms with Crippen molar-refractivity contribution in [1.82, 2.24) is 10.3 Å². The Hall–Kier alpha value is -0.450.